The van der Waals surface area contributed by atoms with Gasteiger partial charge in [-0.3, -0.25) is 0 Å². The summed E-state index contributed by atoms with van der Waals surface area (Å²) in [5.41, 5.74) is 0. The highest BCUT2D eigenvalue weighted by Crippen LogP contribution is 2.46. The van der Waals surface area contributed by atoms with Crippen LogP contribution in [0.15, 0.2) is 0 Å². The van der Waals surface area contributed by atoms with Gasteiger partial charge in [0.25, 0.3) is 0 Å². The lowest BCUT2D eigenvalue weighted by molar-refractivity contribution is 0.477. The van der Waals surface area contributed by atoms with E-state index in [9.17, 15) is 0 Å². The number of thioether (sulfide) groups is 1. The molecule has 0 heterocycles. The van der Waals surface area contributed by atoms with Crippen LogP contribution in [0.4, 0.5) is 0 Å². The molecule has 1 N–H and O–H groups in total. The van der Waals surface area contributed by atoms with Crippen LogP contribution >= 0.6 is 11.8 Å². The molecule has 96 valence electrons. The van der Waals surface area contributed by atoms with Crippen molar-refractivity contribution in [2.75, 3.05) is 12.8 Å². The zero-order chi connectivity index (χ0) is 11.9. The smallest absolute Gasteiger partial charge is 0.0282 e. The first kappa shape index (κ1) is 14.4. The third-order valence-corrected chi connectivity index (χ3v) is 5.17. The van der Waals surface area contributed by atoms with Crippen molar-refractivity contribution in [3.63, 3.8) is 0 Å². The van der Waals surface area contributed by atoms with E-state index in [2.05, 4.69) is 37.2 Å². The maximum absolute atomic E-state index is 3.71. The van der Waals surface area contributed by atoms with E-state index >= 15 is 0 Å². The summed E-state index contributed by atoms with van der Waals surface area (Å²) in [5, 5.41) is 3.71. The fraction of sp³-hybridized carbons (Fsp3) is 1.00. The number of rotatable bonds is 10. The van der Waals surface area contributed by atoms with Gasteiger partial charge in [0.15, 0.2) is 0 Å². The van der Waals surface area contributed by atoms with Gasteiger partial charge < -0.3 is 5.32 Å². The molecule has 0 spiro atoms. The minimum absolute atomic E-state index is 0.621. The molecule has 1 nitrogen and oxygen atoms in total. The molecule has 1 saturated carbocycles. The molecule has 0 radical (unpaired) electrons. The highest BCUT2D eigenvalue weighted by Gasteiger charge is 2.41. The van der Waals surface area contributed by atoms with Gasteiger partial charge in [-0.05, 0) is 32.4 Å². The summed E-state index contributed by atoms with van der Waals surface area (Å²) in [4.78, 5) is 0. The minimum atomic E-state index is 0.621. The lowest BCUT2D eigenvalue weighted by Crippen LogP contribution is -2.33. The quantitative estimate of drug-likeness (QED) is 0.577. The molecule has 2 heteroatoms. The zero-order valence-electron chi connectivity index (χ0n) is 11.3. The zero-order valence-corrected chi connectivity index (χ0v) is 12.2. The lowest BCUT2D eigenvalue weighted by Gasteiger charge is -2.18. The third-order valence-electron chi connectivity index (χ3n) is 3.75. The van der Waals surface area contributed by atoms with E-state index in [0.29, 0.717) is 10.8 Å². The van der Waals surface area contributed by atoms with Crippen molar-refractivity contribution < 1.29 is 0 Å². The number of unbranched alkanes of at least 4 members (excludes halogenated alkanes) is 4. The second-order valence-corrected chi connectivity index (χ2v) is 6.65. The molecule has 0 saturated heterocycles. The summed E-state index contributed by atoms with van der Waals surface area (Å²) in [7, 11) is 0. The third kappa shape index (κ3) is 5.58. The first-order chi connectivity index (χ1) is 7.72. The summed E-state index contributed by atoms with van der Waals surface area (Å²) in [5.74, 6) is 0. The summed E-state index contributed by atoms with van der Waals surface area (Å²) >= 11 is 2.05. The largest absolute Gasteiger partial charge is 0.313 e. The SMILES string of the molecule is CCCCCCCC(C)NCC1(SC)CC1. The van der Waals surface area contributed by atoms with E-state index in [1.165, 1.54) is 57.9 Å². The van der Waals surface area contributed by atoms with Gasteiger partial charge in [-0.25, -0.2) is 0 Å². The predicted molar refractivity (Wildman–Crippen MR) is 76.3 cm³/mol. The van der Waals surface area contributed by atoms with Gasteiger partial charge in [-0.2, -0.15) is 11.8 Å². The molecule has 0 aromatic carbocycles. The Bertz CT molecular complexity index is 178. The molecule has 0 bridgehead atoms. The molecule has 0 amide bonds. The molecular formula is C14H29NS. The van der Waals surface area contributed by atoms with Crippen LogP contribution in [-0.4, -0.2) is 23.6 Å². The second-order valence-electron chi connectivity index (χ2n) is 5.37. The Labute approximate surface area is 106 Å². The van der Waals surface area contributed by atoms with Gasteiger partial charge in [0.2, 0.25) is 0 Å². The van der Waals surface area contributed by atoms with Crippen molar-refractivity contribution in [1.29, 1.82) is 0 Å². The van der Waals surface area contributed by atoms with Gasteiger partial charge in [0.1, 0.15) is 0 Å². The second kappa shape index (κ2) is 7.60. The fourth-order valence-electron chi connectivity index (χ4n) is 2.11. The van der Waals surface area contributed by atoms with Crippen LogP contribution in [0.25, 0.3) is 0 Å². The highest BCUT2D eigenvalue weighted by atomic mass is 32.2. The first-order valence-electron chi connectivity index (χ1n) is 7.01. The molecule has 1 unspecified atom stereocenters. The van der Waals surface area contributed by atoms with E-state index in [0.717, 1.165) is 0 Å². The number of nitrogens with one attached hydrogen (secondary N) is 1. The van der Waals surface area contributed by atoms with Crippen molar-refractivity contribution in [2.24, 2.45) is 0 Å². The van der Waals surface area contributed by atoms with Crippen molar-refractivity contribution in [3.05, 3.63) is 0 Å². The average molecular weight is 243 g/mol. The van der Waals surface area contributed by atoms with Gasteiger partial charge in [-0.1, -0.05) is 39.0 Å². The molecule has 1 rings (SSSR count). The average Bonchev–Trinajstić information content (AvgIpc) is 3.07. The van der Waals surface area contributed by atoms with E-state index in [1.54, 1.807) is 0 Å². The minimum Gasteiger partial charge on any atom is -0.313 e. The van der Waals surface area contributed by atoms with E-state index in [1.807, 2.05) is 0 Å². The normalized spacial score (nSPS) is 19.7. The molecule has 1 aliphatic rings. The van der Waals surface area contributed by atoms with E-state index in [-0.39, 0.29) is 0 Å². The molecule has 1 aliphatic carbocycles. The summed E-state index contributed by atoms with van der Waals surface area (Å²) in [6.45, 7) is 5.85. The standard InChI is InChI=1S/C14H29NS/c1-4-5-6-7-8-9-13(2)15-12-14(16-3)10-11-14/h13,15H,4-12H2,1-3H3. The Kier molecular flexibility index (Phi) is 6.83. The monoisotopic (exact) mass is 243 g/mol. The van der Waals surface area contributed by atoms with Crippen LogP contribution in [-0.2, 0) is 0 Å². The highest BCUT2D eigenvalue weighted by molar-refractivity contribution is 8.00. The molecule has 1 atom stereocenters. The topological polar surface area (TPSA) is 12.0 Å². The summed E-state index contributed by atoms with van der Waals surface area (Å²) in [6.07, 6.45) is 13.5. The van der Waals surface area contributed by atoms with Gasteiger partial charge >= 0.3 is 0 Å². The van der Waals surface area contributed by atoms with Crippen molar-refractivity contribution in [2.45, 2.75) is 76.0 Å². The van der Waals surface area contributed by atoms with Gasteiger partial charge in [0, 0.05) is 17.3 Å². The van der Waals surface area contributed by atoms with Crippen molar-refractivity contribution in [3.8, 4) is 0 Å². The van der Waals surface area contributed by atoms with Gasteiger partial charge in [0.05, 0.1) is 0 Å². The van der Waals surface area contributed by atoms with Crippen LogP contribution in [0.5, 0.6) is 0 Å². The maximum atomic E-state index is 3.71. The predicted octanol–water partition coefficient (Wildman–Crippen LogP) is 4.22. The Balaban J connectivity index is 1.92. The lowest BCUT2D eigenvalue weighted by atomic mass is 10.1. The van der Waals surface area contributed by atoms with E-state index in [4.69, 9.17) is 0 Å². The molecule has 1 fully saturated rings. The van der Waals surface area contributed by atoms with Crippen LogP contribution in [0, 0.1) is 0 Å². The molecule has 0 aromatic rings. The summed E-state index contributed by atoms with van der Waals surface area (Å²) < 4.78 is 0.621. The van der Waals surface area contributed by atoms with Crippen molar-refractivity contribution in [1.82, 2.24) is 5.32 Å². The Morgan fingerprint density at radius 2 is 1.88 bits per heavy atom. The molecular weight excluding hydrogens is 214 g/mol. The number of hydrogen-bond donors (Lipinski definition) is 1. The number of hydrogen-bond acceptors (Lipinski definition) is 2. The molecule has 16 heavy (non-hydrogen) atoms. The van der Waals surface area contributed by atoms with Crippen LogP contribution in [0.1, 0.15) is 65.2 Å². The van der Waals surface area contributed by atoms with Crippen LogP contribution in [0.3, 0.4) is 0 Å². The van der Waals surface area contributed by atoms with Crippen LogP contribution < -0.4 is 5.32 Å². The fourth-order valence-corrected chi connectivity index (χ4v) is 2.85. The maximum Gasteiger partial charge on any atom is 0.0282 e. The Hall–Kier alpha value is 0.310. The molecule has 0 aromatic heterocycles. The Morgan fingerprint density at radius 1 is 1.19 bits per heavy atom. The Morgan fingerprint density at radius 3 is 2.44 bits per heavy atom. The molecule has 0 aliphatic heterocycles. The van der Waals surface area contributed by atoms with E-state index < -0.39 is 0 Å². The first-order valence-corrected chi connectivity index (χ1v) is 8.23. The van der Waals surface area contributed by atoms with Gasteiger partial charge in [-0.15, -0.1) is 0 Å². The van der Waals surface area contributed by atoms with Crippen molar-refractivity contribution >= 4 is 11.8 Å². The van der Waals surface area contributed by atoms with Crippen LogP contribution in [0.2, 0.25) is 0 Å². The summed E-state index contributed by atoms with van der Waals surface area (Å²) in [6, 6.07) is 0.714.